The maximum Gasteiger partial charge on any atom is 0.305 e. The van der Waals surface area contributed by atoms with Gasteiger partial charge in [-0.05, 0) is 18.6 Å². The Morgan fingerprint density at radius 3 is 1.13 bits per heavy atom. The fraction of sp³-hybridized carbons (Fsp3) is 0.811. The van der Waals surface area contributed by atoms with Gasteiger partial charge in [0.25, 0.3) is 10.1 Å². The zero-order chi connectivity index (χ0) is 38.2. The molecule has 0 atom stereocenters. The van der Waals surface area contributed by atoms with Crippen LogP contribution >= 0.6 is 0 Å². The van der Waals surface area contributed by atoms with Crippen LogP contribution in [0.15, 0.2) is 35.2 Å². The molecule has 0 aromatic heterocycles. The highest BCUT2D eigenvalue weighted by atomic mass is 32.2. The summed E-state index contributed by atoms with van der Waals surface area (Å²) >= 11 is 0. The van der Waals surface area contributed by atoms with Gasteiger partial charge in [0, 0.05) is 6.42 Å². The van der Waals surface area contributed by atoms with E-state index in [1.165, 1.54) is 37.8 Å². The van der Waals surface area contributed by atoms with Crippen LogP contribution < -0.4 is 0 Å². The van der Waals surface area contributed by atoms with Crippen LogP contribution in [0.2, 0.25) is 0 Å². The molecule has 0 heterocycles. The van der Waals surface area contributed by atoms with Crippen molar-refractivity contribution in [1.29, 1.82) is 0 Å². The molecular weight excluding hydrogens is 716 g/mol. The summed E-state index contributed by atoms with van der Waals surface area (Å²) in [7, 11) is -3.76. The third kappa shape index (κ3) is 34.4. The minimum absolute atomic E-state index is 0.0622. The normalized spacial score (nSPS) is 11.7. The molecule has 15 nitrogen and oxygen atoms in total. The average Bonchev–Trinajstić information content (AvgIpc) is 3.16. The number of unbranched alkanes of at least 4 members (excludes halogenated alkanes) is 5. The van der Waals surface area contributed by atoms with Gasteiger partial charge in [-0.3, -0.25) is 8.98 Å². The minimum atomic E-state index is -3.76. The maximum absolute atomic E-state index is 12.0. The van der Waals surface area contributed by atoms with Gasteiger partial charge in [-0.2, -0.15) is 8.42 Å². The second kappa shape index (κ2) is 38.5. The SMILES string of the molecule is CCCCCCCCC(=O)OCCOCCOCCOCCOCCOCCOCCOCCOCCOCCOCCOS(=O)(=O)c1ccccc1. The first-order chi connectivity index (χ1) is 26.1. The summed E-state index contributed by atoms with van der Waals surface area (Å²) in [6.45, 7) is 11.0. The number of carbonyl (C=O) groups is 1. The molecule has 0 aliphatic carbocycles. The molecule has 0 radical (unpaired) electrons. The van der Waals surface area contributed by atoms with E-state index in [-0.39, 0.29) is 30.7 Å². The van der Waals surface area contributed by atoms with Gasteiger partial charge in [0.1, 0.15) is 6.61 Å². The zero-order valence-electron chi connectivity index (χ0n) is 31.9. The van der Waals surface area contributed by atoms with Crippen molar-refractivity contribution in [2.75, 3.05) is 145 Å². The summed E-state index contributed by atoms with van der Waals surface area (Å²) in [5.41, 5.74) is 0. The van der Waals surface area contributed by atoms with E-state index in [1.54, 1.807) is 18.2 Å². The highest BCUT2D eigenvalue weighted by Gasteiger charge is 2.13. The molecule has 16 heteroatoms. The lowest BCUT2D eigenvalue weighted by Gasteiger charge is -2.09. The molecule has 0 amide bonds. The summed E-state index contributed by atoms with van der Waals surface area (Å²) in [5.74, 6) is -0.151. The van der Waals surface area contributed by atoms with Gasteiger partial charge in [0.2, 0.25) is 0 Å². The molecular formula is C37H66O15S. The smallest absolute Gasteiger partial charge is 0.305 e. The van der Waals surface area contributed by atoms with Gasteiger partial charge >= 0.3 is 5.97 Å². The summed E-state index contributed by atoms with van der Waals surface area (Å²) in [5, 5.41) is 0. The van der Waals surface area contributed by atoms with Crippen LogP contribution in [-0.4, -0.2) is 160 Å². The predicted octanol–water partition coefficient (Wildman–Crippen LogP) is 3.85. The van der Waals surface area contributed by atoms with Crippen molar-refractivity contribution in [3.05, 3.63) is 30.3 Å². The first-order valence-corrected chi connectivity index (χ1v) is 20.3. The van der Waals surface area contributed by atoms with Gasteiger partial charge in [-0.1, -0.05) is 57.2 Å². The number of carbonyl (C=O) groups excluding carboxylic acids is 1. The summed E-state index contributed by atoms with van der Waals surface area (Å²) in [6, 6.07) is 7.97. The summed E-state index contributed by atoms with van der Waals surface area (Å²) < 4.78 is 88.5. The molecule has 310 valence electrons. The monoisotopic (exact) mass is 782 g/mol. The Bertz CT molecular complexity index is 1020. The fourth-order valence-electron chi connectivity index (χ4n) is 4.28. The molecule has 0 spiro atoms. The van der Waals surface area contributed by atoms with Crippen LogP contribution in [0.25, 0.3) is 0 Å². The Morgan fingerprint density at radius 1 is 0.434 bits per heavy atom. The van der Waals surface area contributed by atoms with Gasteiger partial charge in [0.15, 0.2) is 0 Å². The summed E-state index contributed by atoms with van der Waals surface area (Å²) in [4.78, 5) is 11.8. The van der Waals surface area contributed by atoms with E-state index in [4.69, 9.17) is 56.3 Å². The van der Waals surface area contributed by atoms with Crippen molar-refractivity contribution < 1.29 is 69.5 Å². The standard InChI is InChI=1S/C37H66O15S/c1-2-3-4-5-6-10-13-37(38)51-34-32-49-30-28-47-26-24-45-22-20-43-18-16-41-14-15-42-17-19-44-21-23-46-25-27-48-29-31-50-33-35-52-53(39,40)36-11-8-7-9-12-36/h7-9,11-12H,2-6,10,13-35H2,1H3. The van der Waals surface area contributed by atoms with E-state index < -0.39 is 10.1 Å². The Kier molecular flexibility index (Phi) is 35.7. The van der Waals surface area contributed by atoms with Crippen molar-refractivity contribution in [3.63, 3.8) is 0 Å². The van der Waals surface area contributed by atoms with Crippen molar-refractivity contribution in [2.45, 2.75) is 56.8 Å². The maximum atomic E-state index is 12.0. The van der Waals surface area contributed by atoms with Crippen molar-refractivity contribution >= 4 is 16.1 Å². The van der Waals surface area contributed by atoms with E-state index in [2.05, 4.69) is 6.92 Å². The number of esters is 1. The van der Waals surface area contributed by atoms with Crippen molar-refractivity contribution in [3.8, 4) is 0 Å². The van der Waals surface area contributed by atoms with Crippen LogP contribution in [-0.2, 0) is 71.2 Å². The molecule has 53 heavy (non-hydrogen) atoms. The molecule has 0 fully saturated rings. The largest absolute Gasteiger partial charge is 0.463 e. The Hall–Kier alpha value is -1.80. The van der Waals surface area contributed by atoms with E-state index in [0.717, 1.165) is 12.8 Å². The highest BCUT2D eigenvalue weighted by molar-refractivity contribution is 7.86. The lowest BCUT2D eigenvalue weighted by molar-refractivity contribution is -0.145. The van der Waals surface area contributed by atoms with Crippen molar-refractivity contribution in [1.82, 2.24) is 0 Å². The second-order valence-electron chi connectivity index (χ2n) is 11.5. The molecule has 0 saturated carbocycles. The average molecular weight is 783 g/mol. The molecule has 0 saturated heterocycles. The molecule has 0 aliphatic heterocycles. The van der Waals surface area contributed by atoms with E-state index in [9.17, 15) is 13.2 Å². The molecule has 0 aliphatic rings. The molecule has 1 aromatic rings. The Labute approximate surface area is 317 Å². The van der Waals surface area contributed by atoms with Crippen LogP contribution in [0.1, 0.15) is 51.9 Å². The van der Waals surface area contributed by atoms with Gasteiger partial charge in [-0.15, -0.1) is 0 Å². The number of benzene rings is 1. The predicted molar refractivity (Wildman–Crippen MR) is 197 cm³/mol. The van der Waals surface area contributed by atoms with Crippen LogP contribution in [0, 0.1) is 0 Å². The minimum Gasteiger partial charge on any atom is -0.463 e. The van der Waals surface area contributed by atoms with E-state index >= 15 is 0 Å². The quantitative estimate of drug-likeness (QED) is 0.0534. The Balaban J connectivity index is 1.66. The zero-order valence-corrected chi connectivity index (χ0v) is 32.7. The fourth-order valence-corrected chi connectivity index (χ4v) is 5.19. The van der Waals surface area contributed by atoms with Crippen LogP contribution in [0.3, 0.4) is 0 Å². The van der Waals surface area contributed by atoms with Crippen LogP contribution in [0.4, 0.5) is 0 Å². The van der Waals surface area contributed by atoms with Gasteiger partial charge < -0.3 is 52.1 Å². The second-order valence-corrected chi connectivity index (χ2v) is 13.1. The number of ether oxygens (including phenoxy) is 11. The third-order valence-electron chi connectivity index (χ3n) is 7.07. The van der Waals surface area contributed by atoms with Crippen molar-refractivity contribution in [2.24, 2.45) is 0 Å². The Morgan fingerprint density at radius 2 is 0.755 bits per heavy atom. The highest BCUT2D eigenvalue weighted by Crippen LogP contribution is 2.11. The molecule has 1 rings (SSSR count). The topological polar surface area (TPSA) is 162 Å². The summed E-state index contributed by atoms with van der Waals surface area (Å²) in [6.07, 6.45) is 7.38. The van der Waals surface area contributed by atoms with Gasteiger partial charge in [0.05, 0.1) is 144 Å². The lowest BCUT2D eigenvalue weighted by Crippen LogP contribution is -2.16. The van der Waals surface area contributed by atoms with Crippen LogP contribution in [0.5, 0.6) is 0 Å². The lowest BCUT2D eigenvalue weighted by atomic mass is 10.1. The number of rotatable bonds is 42. The molecule has 0 unspecified atom stereocenters. The number of hydrogen-bond acceptors (Lipinski definition) is 15. The van der Waals surface area contributed by atoms with E-state index in [0.29, 0.717) is 132 Å². The first-order valence-electron chi connectivity index (χ1n) is 18.9. The number of hydrogen-bond donors (Lipinski definition) is 0. The third-order valence-corrected chi connectivity index (χ3v) is 8.40. The van der Waals surface area contributed by atoms with E-state index in [1.807, 2.05) is 0 Å². The molecule has 1 aromatic carbocycles. The molecule has 0 N–H and O–H groups in total. The van der Waals surface area contributed by atoms with Gasteiger partial charge in [-0.25, -0.2) is 0 Å². The first kappa shape index (κ1) is 49.2. The molecule has 0 bridgehead atoms.